The van der Waals surface area contributed by atoms with Crippen LogP contribution in [0, 0.1) is 6.92 Å². The summed E-state index contributed by atoms with van der Waals surface area (Å²) in [5, 5.41) is 0. The van der Waals surface area contributed by atoms with Gasteiger partial charge in [-0.25, -0.2) is 0 Å². The monoisotopic (exact) mass is 152 g/mol. The van der Waals surface area contributed by atoms with Gasteiger partial charge in [0, 0.05) is 6.17 Å². The van der Waals surface area contributed by atoms with Gasteiger partial charge in [-0.3, -0.25) is 4.98 Å². The Balaban J connectivity index is 3.41. The third-order valence-electron chi connectivity index (χ3n) is 1.65. The van der Waals surface area contributed by atoms with Crippen LogP contribution in [-0.2, 0) is 0 Å². The van der Waals surface area contributed by atoms with Crippen molar-refractivity contribution in [3.05, 3.63) is 23.5 Å². The Morgan fingerprint density at radius 3 is 2.82 bits per heavy atom. The van der Waals surface area contributed by atoms with Crippen LogP contribution in [0.2, 0.25) is 0 Å². The van der Waals surface area contributed by atoms with Gasteiger partial charge in [-0.1, -0.05) is 13.8 Å². The molecule has 60 valence electrons. The second-order valence-corrected chi connectivity index (χ2v) is 2.93. The van der Waals surface area contributed by atoms with E-state index in [2.05, 4.69) is 4.98 Å². The van der Waals surface area contributed by atoms with Crippen molar-refractivity contribution >= 4 is 5.69 Å². The summed E-state index contributed by atoms with van der Waals surface area (Å²) < 4.78 is 14.9. The highest BCUT2D eigenvalue weighted by atomic mass is 14.7. The van der Waals surface area contributed by atoms with Gasteiger partial charge in [0.05, 0.1) is 14.1 Å². The standard InChI is InChI=1S/C9H14N2/c1-6(2)9-8(10)7(3)4-5-11-9/h4-6H,10H2,1-3H3/i4D,5D. The van der Waals surface area contributed by atoms with Crippen LogP contribution in [0.25, 0.3) is 0 Å². The predicted octanol–water partition coefficient (Wildman–Crippen LogP) is 2.10. The zero-order valence-corrected chi connectivity index (χ0v) is 7.10. The van der Waals surface area contributed by atoms with Crippen molar-refractivity contribution < 1.29 is 2.74 Å². The largest absolute Gasteiger partial charge is 0.397 e. The smallest absolute Gasteiger partial charge is 0.0840 e. The van der Waals surface area contributed by atoms with Gasteiger partial charge in [0.15, 0.2) is 0 Å². The molecule has 0 unspecified atom stereocenters. The van der Waals surface area contributed by atoms with E-state index < -0.39 is 0 Å². The third-order valence-corrected chi connectivity index (χ3v) is 1.65. The minimum Gasteiger partial charge on any atom is -0.397 e. The van der Waals surface area contributed by atoms with E-state index in [4.69, 9.17) is 8.48 Å². The molecule has 0 radical (unpaired) electrons. The van der Waals surface area contributed by atoms with Crippen LogP contribution in [0.1, 0.15) is 33.8 Å². The Morgan fingerprint density at radius 1 is 1.64 bits per heavy atom. The third kappa shape index (κ3) is 1.50. The lowest BCUT2D eigenvalue weighted by Crippen LogP contribution is -2.01. The summed E-state index contributed by atoms with van der Waals surface area (Å²) in [4.78, 5) is 3.99. The molecule has 0 amide bonds. The first kappa shape index (κ1) is 5.58. The number of anilines is 1. The molecule has 11 heavy (non-hydrogen) atoms. The zero-order valence-electron chi connectivity index (χ0n) is 9.10. The maximum atomic E-state index is 7.49. The number of nitrogen functional groups attached to an aromatic ring is 1. The fraction of sp³-hybridized carbons (Fsp3) is 0.444. The van der Waals surface area contributed by atoms with Crippen molar-refractivity contribution in [2.45, 2.75) is 26.7 Å². The molecule has 1 aromatic rings. The predicted molar refractivity (Wildman–Crippen MR) is 47.5 cm³/mol. The van der Waals surface area contributed by atoms with Gasteiger partial charge >= 0.3 is 0 Å². The Morgan fingerprint density at radius 2 is 2.27 bits per heavy atom. The lowest BCUT2D eigenvalue weighted by atomic mass is 10.1. The molecule has 0 aromatic carbocycles. The summed E-state index contributed by atoms with van der Waals surface area (Å²) in [6.45, 7) is 5.70. The number of nitrogens with two attached hydrogens (primary N) is 1. The summed E-state index contributed by atoms with van der Waals surface area (Å²) in [6, 6.07) is 0.127. The van der Waals surface area contributed by atoms with Gasteiger partial charge in [0.25, 0.3) is 0 Å². The van der Waals surface area contributed by atoms with Crippen LogP contribution in [-0.4, -0.2) is 4.98 Å². The minimum atomic E-state index is 0.00963. The van der Waals surface area contributed by atoms with Gasteiger partial charge < -0.3 is 5.73 Å². The van der Waals surface area contributed by atoms with Crippen LogP contribution < -0.4 is 5.73 Å². The first-order valence-corrected chi connectivity index (χ1v) is 3.68. The quantitative estimate of drug-likeness (QED) is 0.669. The highest BCUT2D eigenvalue weighted by Crippen LogP contribution is 2.21. The first-order valence-electron chi connectivity index (χ1n) is 4.68. The van der Waals surface area contributed by atoms with E-state index >= 15 is 0 Å². The molecule has 2 heteroatoms. The second-order valence-electron chi connectivity index (χ2n) is 2.93. The van der Waals surface area contributed by atoms with Crippen molar-refractivity contribution in [3.63, 3.8) is 0 Å². The molecule has 1 heterocycles. The molecule has 1 aromatic heterocycles. The fourth-order valence-corrected chi connectivity index (χ4v) is 0.932. The normalized spacial score (nSPS) is 13.1. The molecule has 0 atom stereocenters. The highest BCUT2D eigenvalue weighted by Gasteiger charge is 2.05. The number of aromatic nitrogens is 1. The number of hydrogen-bond donors (Lipinski definition) is 1. The Bertz CT molecular complexity index is 335. The summed E-state index contributed by atoms with van der Waals surface area (Å²) in [5.41, 5.74) is 7.72. The SMILES string of the molecule is [2H]c1nc(C(C)C)c(N)c(C)c1[2H]. The Hall–Kier alpha value is -1.05. The van der Waals surface area contributed by atoms with Crippen LogP contribution >= 0.6 is 0 Å². The van der Waals surface area contributed by atoms with Crippen molar-refractivity contribution in [1.82, 2.24) is 4.98 Å². The van der Waals surface area contributed by atoms with Crippen LogP contribution in [0.4, 0.5) is 5.69 Å². The number of pyridine rings is 1. The number of hydrogen-bond acceptors (Lipinski definition) is 2. The van der Waals surface area contributed by atoms with Gasteiger partial charge in [-0.05, 0) is 24.4 Å². The number of rotatable bonds is 1. The minimum absolute atomic E-state index is 0.00963. The van der Waals surface area contributed by atoms with E-state index in [1.807, 2.05) is 13.8 Å². The van der Waals surface area contributed by atoms with Crippen LogP contribution in [0.5, 0.6) is 0 Å². The van der Waals surface area contributed by atoms with Gasteiger partial charge in [0.1, 0.15) is 0 Å². The molecule has 0 fully saturated rings. The van der Waals surface area contributed by atoms with Crippen molar-refractivity contribution in [1.29, 1.82) is 0 Å². The van der Waals surface area contributed by atoms with Crippen LogP contribution in [0.3, 0.4) is 0 Å². The van der Waals surface area contributed by atoms with E-state index in [-0.39, 0.29) is 18.1 Å². The first-order chi connectivity index (χ1) is 5.95. The van der Waals surface area contributed by atoms with Gasteiger partial charge in [0.2, 0.25) is 0 Å². The summed E-state index contributed by atoms with van der Waals surface area (Å²) in [5.74, 6) is 0.198. The summed E-state index contributed by atoms with van der Waals surface area (Å²) in [6.07, 6.45) is 0.00963. The molecular weight excluding hydrogens is 136 g/mol. The maximum absolute atomic E-state index is 7.49. The van der Waals surface area contributed by atoms with Crippen molar-refractivity contribution in [3.8, 4) is 0 Å². The van der Waals surface area contributed by atoms with Gasteiger partial charge in [-0.15, -0.1) is 0 Å². The van der Waals surface area contributed by atoms with Crippen molar-refractivity contribution in [2.75, 3.05) is 5.73 Å². The highest BCUT2D eigenvalue weighted by molar-refractivity contribution is 5.50. The van der Waals surface area contributed by atoms with E-state index in [1.165, 1.54) is 0 Å². The summed E-state index contributed by atoms with van der Waals surface area (Å²) >= 11 is 0. The number of nitrogens with zero attached hydrogens (tertiary/aromatic N) is 1. The lowest BCUT2D eigenvalue weighted by molar-refractivity contribution is 0.825. The molecule has 0 aliphatic heterocycles. The molecule has 1 rings (SSSR count). The average Bonchev–Trinajstić information content (AvgIpc) is 2.07. The van der Waals surface area contributed by atoms with E-state index in [1.54, 1.807) is 6.92 Å². The summed E-state index contributed by atoms with van der Waals surface area (Å²) in [7, 11) is 0. The fourth-order valence-electron chi connectivity index (χ4n) is 0.932. The second kappa shape index (κ2) is 2.91. The molecular formula is C9H14N2. The van der Waals surface area contributed by atoms with E-state index in [0.717, 1.165) is 5.69 Å². The molecule has 2 nitrogen and oxygen atoms in total. The molecule has 0 aliphatic rings. The van der Waals surface area contributed by atoms with Gasteiger partial charge in [-0.2, -0.15) is 0 Å². The van der Waals surface area contributed by atoms with E-state index in [9.17, 15) is 0 Å². The molecule has 0 aliphatic carbocycles. The molecule has 0 bridgehead atoms. The average molecular weight is 152 g/mol. The van der Waals surface area contributed by atoms with Crippen molar-refractivity contribution in [2.24, 2.45) is 0 Å². The molecule has 0 saturated heterocycles. The maximum Gasteiger partial charge on any atom is 0.0840 e. The zero-order chi connectivity index (χ0) is 10.2. The van der Waals surface area contributed by atoms with Crippen LogP contribution in [0.15, 0.2) is 12.2 Å². The molecule has 2 N–H and O–H groups in total. The topological polar surface area (TPSA) is 38.9 Å². The van der Waals surface area contributed by atoms with E-state index in [0.29, 0.717) is 11.3 Å². The Labute approximate surface area is 70.3 Å². The Kier molecular flexibility index (Phi) is 1.47. The molecule has 0 saturated carbocycles. The lowest BCUT2D eigenvalue weighted by Gasteiger charge is -2.09. The molecule has 0 spiro atoms.